The van der Waals surface area contributed by atoms with Crippen LogP contribution in [-0.4, -0.2) is 9.07 Å². The number of hydrogen-bond acceptors (Lipinski definition) is 1. The van der Waals surface area contributed by atoms with Crippen LogP contribution in [0.25, 0.3) is 11.0 Å². The average molecular weight is 324 g/mol. The lowest BCUT2D eigenvalue weighted by Crippen LogP contribution is -2.06. The molecule has 2 rings (SSSR count). The topological polar surface area (TPSA) is 17.8 Å². The summed E-state index contributed by atoms with van der Waals surface area (Å²) >= 11 is 22.4. The minimum absolute atomic E-state index is 0.0182. The Labute approximate surface area is 113 Å². The molecule has 0 aliphatic heterocycles. The molecule has 0 aliphatic carbocycles. The second kappa shape index (κ2) is 4.09. The van der Waals surface area contributed by atoms with E-state index in [0.717, 1.165) is 10.2 Å². The molecule has 1 aromatic carbocycles. The number of imidazole rings is 1. The summed E-state index contributed by atoms with van der Waals surface area (Å²) in [4.78, 5) is 3.71. The van der Waals surface area contributed by atoms with Gasteiger partial charge in [-0.3, -0.25) is 0 Å². The summed E-state index contributed by atoms with van der Waals surface area (Å²) in [5.41, 5.74) is -1.13. The van der Waals surface area contributed by atoms with Crippen LogP contribution >= 0.6 is 46.6 Å². The molecule has 1 heterocycles. The molecule has 0 spiro atoms. The van der Waals surface area contributed by atoms with Gasteiger partial charge in [-0.25, -0.2) is 9.07 Å². The van der Waals surface area contributed by atoms with E-state index in [1.807, 2.05) is 0 Å². The molecule has 92 valence electrons. The first kappa shape index (κ1) is 13.1. The third-order valence-electron chi connectivity index (χ3n) is 2.04. The van der Waals surface area contributed by atoms with Gasteiger partial charge >= 0.3 is 6.18 Å². The third kappa shape index (κ3) is 2.05. The van der Waals surface area contributed by atoms with Gasteiger partial charge in [0.05, 0.1) is 21.1 Å². The number of fused-ring (bicyclic) bond motifs is 1. The number of aromatic nitrogens is 2. The fourth-order valence-electron chi connectivity index (χ4n) is 1.30. The largest absolute Gasteiger partial charge is 0.417 e. The lowest BCUT2D eigenvalue weighted by atomic mass is 10.2. The van der Waals surface area contributed by atoms with Crippen LogP contribution in [0.2, 0.25) is 15.3 Å². The number of nitrogens with zero attached hydrogens (tertiary/aromatic N) is 2. The van der Waals surface area contributed by atoms with Crippen LogP contribution in [-0.2, 0) is 6.18 Å². The Morgan fingerprint density at radius 1 is 1.12 bits per heavy atom. The quantitative estimate of drug-likeness (QED) is 0.665. The fourth-order valence-corrected chi connectivity index (χ4v) is 2.14. The number of hydrogen-bond donors (Lipinski definition) is 0. The van der Waals surface area contributed by atoms with Gasteiger partial charge in [0.2, 0.25) is 5.28 Å². The van der Waals surface area contributed by atoms with Crippen LogP contribution in [0.3, 0.4) is 0 Å². The van der Waals surface area contributed by atoms with E-state index in [1.165, 1.54) is 0 Å². The Bertz CT molecular complexity index is 605. The predicted molar refractivity (Wildman–Crippen MR) is 61.0 cm³/mol. The van der Waals surface area contributed by atoms with Crippen LogP contribution in [0, 0.1) is 0 Å². The Kier molecular flexibility index (Phi) is 3.14. The van der Waals surface area contributed by atoms with Crippen molar-refractivity contribution < 1.29 is 13.2 Å². The van der Waals surface area contributed by atoms with Gasteiger partial charge in [0, 0.05) is 11.8 Å². The molecule has 1 aromatic heterocycles. The van der Waals surface area contributed by atoms with E-state index in [0.29, 0.717) is 0 Å². The van der Waals surface area contributed by atoms with Crippen molar-refractivity contribution in [2.24, 2.45) is 0 Å². The van der Waals surface area contributed by atoms with Crippen molar-refractivity contribution in [3.05, 3.63) is 27.0 Å². The van der Waals surface area contributed by atoms with Crippen molar-refractivity contribution in [1.29, 1.82) is 0 Å². The summed E-state index contributed by atoms with van der Waals surface area (Å²) in [5.74, 6) is 0. The molecular weight excluding hydrogens is 323 g/mol. The summed E-state index contributed by atoms with van der Waals surface area (Å²) < 4.78 is 38.7. The lowest BCUT2D eigenvalue weighted by molar-refractivity contribution is -0.137. The molecule has 0 atom stereocenters. The van der Waals surface area contributed by atoms with E-state index >= 15 is 0 Å². The predicted octanol–water partition coefficient (Wildman–Crippen LogP) is 5.02. The summed E-state index contributed by atoms with van der Waals surface area (Å²) in [6, 6.07) is 0.745. The van der Waals surface area contributed by atoms with Crippen molar-refractivity contribution in [3.8, 4) is 0 Å². The number of benzene rings is 1. The van der Waals surface area contributed by atoms with Gasteiger partial charge in [-0.1, -0.05) is 23.2 Å². The first-order valence-electron chi connectivity index (χ1n) is 4.02. The van der Waals surface area contributed by atoms with E-state index < -0.39 is 16.8 Å². The molecule has 0 saturated heterocycles. The number of rotatable bonds is 0. The van der Waals surface area contributed by atoms with Gasteiger partial charge in [-0.15, -0.1) is 0 Å². The monoisotopic (exact) mass is 322 g/mol. The van der Waals surface area contributed by atoms with Gasteiger partial charge in [0.25, 0.3) is 0 Å². The van der Waals surface area contributed by atoms with Crippen LogP contribution in [0.1, 0.15) is 5.56 Å². The van der Waals surface area contributed by atoms with Crippen molar-refractivity contribution in [1.82, 2.24) is 9.07 Å². The Balaban J connectivity index is 2.90. The highest BCUT2D eigenvalue weighted by atomic mass is 35.5. The van der Waals surface area contributed by atoms with Crippen molar-refractivity contribution in [2.45, 2.75) is 6.18 Å². The minimum atomic E-state index is -4.64. The molecule has 0 fully saturated rings. The molecule has 0 bridgehead atoms. The molecule has 0 unspecified atom stereocenters. The summed E-state index contributed by atoms with van der Waals surface area (Å²) in [5, 5.41) is -1.16. The zero-order valence-corrected chi connectivity index (χ0v) is 10.6. The Morgan fingerprint density at radius 3 is 2.24 bits per heavy atom. The van der Waals surface area contributed by atoms with E-state index in [9.17, 15) is 13.2 Å². The molecule has 9 heteroatoms. The van der Waals surface area contributed by atoms with Crippen molar-refractivity contribution >= 4 is 57.6 Å². The molecule has 2 aromatic rings. The zero-order valence-electron chi connectivity index (χ0n) is 7.62. The van der Waals surface area contributed by atoms with E-state index in [1.54, 1.807) is 0 Å². The fraction of sp³-hybridized carbons (Fsp3) is 0.125. The van der Waals surface area contributed by atoms with Crippen LogP contribution in [0.5, 0.6) is 0 Å². The maximum atomic E-state index is 12.6. The van der Waals surface area contributed by atoms with E-state index in [4.69, 9.17) is 46.6 Å². The Hall–Kier alpha value is -0.360. The maximum Gasteiger partial charge on any atom is 0.417 e. The zero-order chi connectivity index (χ0) is 13.0. The average Bonchev–Trinajstić information content (AvgIpc) is 2.48. The van der Waals surface area contributed by atoms with Crippen molar-refractivity contribution in [3.63, 3.8) is 0 Å². The molecule has 2 nitrogen and oxygen atoms in total. The van der Waals surface area contributed by atoms with Crippen molar-refractivity contribution in [2.75, 3.05) is 0 Å². The van der Waals surface area contributed by atoms with Gasteiger partial charge in [-0.05, 0) is 17.7 Å². The maximum absolute atomic E-state index is 12.6. The third-order valence-corrected chi connectivity index (χ3v) is 3.58. The SMILES string of the molecule is FC(F)(F)c1cc2c(nc(Cl)n2Cl)c(Cl)c1Cl. The first-order valence-corrected chi connectivity index (χ1v) is 5.50. The minimum Gasteiger partial charge on any atom is -0.224 e. The smallest absolute Gasteiger partial charge is 0.224 e. The lowest BCUT2D eigenvalue weighted by Gasteiger charge is -2.10. The van der Waals surface area contributed by atoms with E-state index in [-0.39, 0.29) is 21.3 Å². The standard InChI is InChI=1S/C8HCl4F3N2/c9-4-2(8(13,14)15)1-3-6(5(4)10)16-7(11)17(3)12/h1H. The highest BCUT2D eigenvalue weighted by Gasteiger charge is 2.35. The Morgan fingerprint density at radius 2 is 1.71 bits per heavy atom. The molecular formula is C8HCl4F3N2. The van der Waals surface area contributed by atoms with Gasteiger partial charge in [-0.2, -0.15) is 13.2 Å². The number of halogens is 7. The molecule has 0 radical (unpaired) electrons. The first-order chi connectivity index (χ1) is 7.73. The van der Waals surface area contributed by atoms with Gasteiger partial charge in [0.15, 0.2) is 0 Å². The number of alkyl halides is 3. The summed E-state index contributed by atoms with van der Waals surface area (Å²) in [6.07, 6.45) is -4.64. The highest BCUT2D eigenvalue weighted by Crippen LogP contribution is 2.42. The van der Waals surface area contributed by atoms with Crippen LogP contribution < -0.4 is 0 Å². The van der Waals surface area contributed by atoms with Gasteiger partial charge < -0.3 is 0 Å². The molecule has 0 amide bonds. The van der Waals surface area contributed by atoms with Crippen LogP contribution in [0.15, 0.2) is 6.07 Å². The highest BCUT2D eigenvalue weighted by molar-refractivity contribution is 6.46. The molecule has 0 aliphatic rings. The normalized spacial score (nSPS) is 12.4. The van der Waals surface area contributed by atoms with Gasteiger partial charge in [0.1, 0.15) is 5.52 Å². The molecule has 17 heavy (non-hydrogen) atoms. The molecule has 0 saturated carbocycles. The summed E-state index contributed by atoms with van der Waals surface area (Å²) in [6.45, 7) is 0. The molecule has 0 N–H and O–H groups in total. The summed E-state index contributed by atoms with van der Waals surface area (Å²) in [7, 11) is 0. The second-order valence-electron chi connectivity index (χ2n) is 3.08. The van der Waals surface area contributed by atoms with E-state index in [2.05, 4.69) is 4.98 Å². The second-order valence-corrected chi connectivity index (χ2v) is 4.51. The van der Waals surface area contributed by atoms with Crippen LogP contribution in [0.4, 0.5) is 13.2 Å².